The molecule has 0 aliphatic carbocycles. The van der Waals surface area contributed by atoms with Gasteiger partial charge in [0.15, 0.2) is 0 Å². The minimum atomic E-state index is -0.557. The molecule has 2 aromatic carbocycles. The first-order valence-corrected chi connectivity index (χ1v) is 8.76. The van der Waals surface area contributed by atoms with Crippen LogP contribution in [0.15, 0.2) is 59.5 Å². The molecule has 3 rings (SSSR count). The van der Waals surface area contributed by atoms with Crippen LogP contribution in [0.2, 0.25) is 0 Å². The molecular formula is C20H14FN3O2S. The van der Waals surface area contributed by atoms with Crippen molar-refractivity contribution in [2.75, 3.05) is 12.4 Å². The summed E-state index contributed by atoms with van der Waals surface area (Å²) in [6, 6.07) is 14.8. The van der Waals surface area contributed by atoms with Crippen LogP contribution in [0.25, 0.3) is 16.6 Å². The first-order chi connectivity index (χ1) is 13.1. The molecule has 0 saturated carbocycles. The Labute approximate surface area is 159 Å². The van der Waals surface area contributed by atoms with E-state index in [9.17, 15) is 14.4 Å². The van der Waals surface area contributed by atoms with Crippen molar-refractivity contribution in [3.63, 3.8) is 0 Å². The third-order valence-corrected chi connectivity index (χ3v) is 4.54. The van der Waals surface area contributed by atoms with Gasteiger partial charge in [0.25, 0.3) is 5.91 Å². The van der Waals surface area contributed by atoms with Crippen LogP contribution >= 0.6 is 11.3 Å². The van der Waals surface area contributed by atoms with Crippen molar-refractivity contribution < 1.29 is 13.9 Å². The Morgan fingerprint density at radius 2 is 2.00 bits per heavy atom. The van der Waals surface area contributed by atoms with E-state index in [0.717, 1.165) is 5.56 Å². The van der Waals surface area contributed by atoms with E-state index in [1.165, 1.54) is 36.7 Å². The number of para-hydroxylation sites is 2. The largest absolute Gasteiger partial charge is 0.495 e. The van der Waals surface area contributed by atoms with Gasteiger partial charge in [0.1, 0.15) is 28.2 Å². The molecule has 1 N–H and O–H groups in total. The molecule has 27 heavy (non-hydrogen) atoms. The zero-order valence-electron chi connectivity index (χ0n) is 14.3. The molecule has 0 atom stereocenters. The Kier molecular flexibility index (Phi) is 5.59. The number of hydrogen-bond donors (Lipinski definition) is 1. The average Bonchev–Trinajstić information content (AvgIpc) is 3.15. The van der Waals surface area contributed by atoms with Crippen LogP contribution < -0.4 is 10.1 Å². The highest BCUT2D eigenvalue weighted by Gasteiger charge is 2.13. The van der Waals surface area contributed by atoms with Crippen molar-refractivity contribution in [2.45, 2.75) is 0 Å². The SMILES string of the molecule is COc1ccccc1NC(=O)/C(C#N)=C/c1csc(-c2ccc(F)cc2)n1. The lowest BCUT2D eigenvalue weighted by molar-refractivity contribution is -0.112. The quantitative estimate of drug-likeness (QED) is 0.523. The number of nitrogens with zero attached hydrogens (tertiary/aromatic N) is 2. The number of anilines is 1. The zero-order chi connectivity index (χ0) is 19.2. The Hall–Kier alpha value is -3.50. The van der Waals surface area contributed by atoms with E-state index in [2.05, 4.69) is 10.3 Å². The smallest absolute Gasteiger partial charge is 0.266 e. The van der Waals surface area contributed by atoms with Crippen LogP contribution in [0.1, 0.15) is 5.69 Å². The molecule has 0 radical (unpaired) electrons. The summed E-state index contributed by atoms with van der Waals surface area (Å²) in [7, 11) is 1.50. The summed E-state index contributed by atoms with van der Waals surface area (Å²) in [5, 5.41) is 14.4. The molecule has 5 nitrogen and oxygen atoms in total. The number of rotatable bonds is 5. The van der Waals surface area contributed by atoms with Gasteiger partial charge in [0.05, 0.1) is 18.5 Å². The highest BCUT2D eigenvalue weighted by molar-refractivity contribution is 7.13. The molecule has 134 valence electrons. The predicted octanol–water partition coefficient (Wildman–Crippen LogP) is 4.50. The molecule has 0 spiro atoms. The summed E-state index contributed by atoms with van der Waals surface area (Å²) >= 11 is 1.34. The van der Waals surface area contributed by atoms with Crippen molar-refractivity contribution >= 4 is 29.0 Å². The molecule has 0 fully saturated rings. The molecule has 0 bridgehead atoms. The van der Waals surface area contributed by atoms with E-state index in [0.29, 0.717) is 22.1 Å². The van der Waals surface area contributed by atoms with Gasteiger partial charge in [-0.25, -0.2) is 9.37 Å². The number of carbonyl (C=O) groups is 1. The molecule has 3 aromatic rings. The van der Waals surface area contributed by atoms with Crippen LogP contribution in [0, 0.1) is 17.1 Å². The average molecular weight is 379 g/mol. The maximum Gasteiger partial charge on any atom is 0.266 e. The number of benzene rings is 2. The molecule has 1 amide bonds. The summed E-state index contributed by atoms with van der Waals surface area (Å²) in [5.74, 6) is -0.385. The van der Waals surface area contributed by atoms with E-state index in [-0.39, 0.29) is 11.4 Å². The predicted molar refractivity (Wildman–Crippen MR) is 103 cm³/mol. The number of halogens is 1. The van der Waals surface area contributed by atoms with Gasteiger partial charge >= 0.3 is 0 Å². The number of nitriles is 1. The van der Waals surface area contributed by atoms with Crippen LogP contribution in [0.3, 0.4) is 0 Å². The first kappa shape index (κ1) is 18.3. The molecule has 0 saturated heterocycles. The van der Waals surface area contributed by atoms with Gasteiger partial charge < -0.3 is 10.1 Å². The fraction of sp³-hybridized carbons (Fsp3) is 0.0500. The molecule has 7 heteroatoms. The van der Waals surface area contributed by atoms with Crippen LogP contribution in [-0.2, 0) is 4.79 Å². The Bertz CT molecular complexity index is 1040. The maximum atomic E-state index is 13.0. The standard InChI is InChI=1S/C20H14FN3O2S/c1-26-18-5-3-2-4-17(18)24-19(25)14(11-22)10-16-12-27-20(23-16)13-6-8-15(21)9-7-13/h2-10,12H,1H3,(H,24,25)/b14-10+. The van der Waals surface area contributed by atoms with Gasteiger partial charge in [0, 0.05) is 10.9 Å². The van der Waals surface area contributed by atoms with Gasteiger partial charge in [-0.05, 0) is 42.5 Å². The third kappa shape index (κ3) is 4.37. The van der Waals surface area contributed by atoms with Gasteiger partial charge in [0.2, 0.25) is 0 Å². The topological polar surface area (TPSA) is 75.0 Å². The van der Waals surface area contributed by atoms with Gasteiger partial charge in [-0.2, -0.15) is 5.26 Å². The van der Waals surface area contributed by atoms with Crippen LogP contribution in [-0.4, -0.2) is 18.0 Å². The summed E-state index contributed by atoms with van der Waals surface area (Å²) in [5.41, 5.74) is 1.62. The summed E-state index contributed by atoms with van der Waals surface area (Å²) in [6.07, 6.45) is 1.41. The number of methoxy groups -OCH3 is 1. The van der Waals surface area contributed by atoms with Crippen molar-refractivity contribution in [1.82, 2.24) is 4.98 Å². The summed E-state index contributed by atoms with van der Waals surface area (Å²) < 4.78 is 18.2. The second-order valence-corrected chi connectivity index (χ2v) is 6.27. The Morgan fingerprint density at radius 1 is 1.26 bits per heavy atom. The molecule has 0 aliphatic rings. The first-order valence-electron chi connectivity index (χ1n) is 7.88. The number of nitrogens with one attached hydrogen (secondary N) is 1. The van der Waals surface area contributed by atoms with Crippen molar-refractivity contribution in [1.29, 1.82) is 5.26 Å². The van der Waals surface area contributed by atoms with Crippen molar-refractivity contribution in [2.24, 2.45) is 0 Å². The van der Waals surface area contributed by atoms with Gasteiger partial charge in [-0.1, -0.05) is 12.1 Å². The van der Waals surface area contributed by atoms with E-state index in [1.54, 1.807) is 41.8 Å². The number of hydrogen-bond acceptors (Lipinski definition) is 5. The number of carbonyl (C=O) groups excluding carboxylic acids is 1. The lowest BCUT2D eigenvalue weighted by Gasteiger charge is -2.08. The Balaban J connectivity index is 1.81. The summed E-state index contributed by atoms with van der Waals surface area (Å²) in [4.78, 5) is 16.8. The van der Waals surface area contributed by atoms with E-state index < -0.39 is 5.91 Å². The molecule has 0 aliphatic heterocycles. The fourth-order valence-corrected chi connectivity index (χ4v) is 3.09. The fourth-order valence-electron chi connectivity index (χ4n) is 2.31. The van der Waals surface area contributed by atoms with Gasteiger partial charge in [-0.3, -0.25) is 4.79 Å². The van der Waals surface area contributed by atoms with Crippen LogP contribution in [0.5, 0.6) is 5.75 Å². The second kappa shape index (κ2) is 8.25. The van der Waals surface area contributed by atoms with Crippen molar-refractivity contribution in [3.05, 3.63) is 71.0 Å². The monoisotopic (exact) mass is 379 g/mol. The number of ether oxygens (including phenoxy) is 1. The highest BCUT2D eigenvalue weighted by Crippen LogP contribution is 2.26. The number of thiazole rings is 1. The molecule has 0 unspecified atom stereocenters. The molecule has 1 heterocycles. The van der Waals surface area contributed by atoms with Crippen molar-refractivity contribution in [3.8, 4) is 22.4 Å². The Morgan fingerprint density at radius 3 is 2.70 bits per heavy atom. The highest BCUT2D eigenvalue weighted by atomic mass is 32.1. The minimum Gasteiger partial charge on any atom is -0.495 e. The lowest BCUT2D eigenvalue weighted by Crippen LogP contribution is -2.14. The lowest BCUT2D eigenvalue weighted by atomic mass is 10.2. The van der Waals surface area contributed by atoms with Crippen LogP contribution in [0.4, 0.5) is 10.1 Å². The molecule has 1 aromatic heterocycles. The normalized spacial score (nSPS) is 10.9. The van der Waals surface area contributed by atoms with E-state index in [1.807, 2.05) is 6.07 Å². The third-order valence-electron chi connectivity index (χ3n) is 3.63. The van der Waals surface area contributed by atoms with E-state index >= 15 is 0 Å². The summed E-state index contributed by atoms with van der Waals surface area (Å²) in [6.45, 7) is 0. The number of amides is 1. The second-order valence-electron chi connectivity index (χ2n) is 5.41. The molecular weight excluding hydrogens is 365 g/mol. The minimum absolute atomic E-state index is 0.0862. The zero-order valence-corrected chi connectivity index (χ0v) is 15.1. The van der Waals surface area contributed by atoms with Gasteiger partial charge in [-0.15, -0.1) is 11.3 Å². The maximum absolute atomic E-state index is 13.0. The van der Waals surface area contributed by atoms with E-state index in [4.69, 9.17) is 4.74 Å². The number of aromatic nitrogens is 1.